The molecule has 0 fully saturated rings. The molecule has 2 N–H and O–H groups in total. The van der Waals surface area contributed by atoms with Gasteiger partial charge in [0.2, 0.25) is 21.9 Å². The van der Waals surface area contributed by atoms with Crippen LogP contribution < -0.4 is 19.8 Å². The summed E-state index contributed by atoms with van der Waals surface area (Å²) in [7, 11) is -2.22. The summed E-state index contributed by atoms with van der Waals surface area (Å²) in [6.07, 6.45) is 2.07. The molecule has 0 aliphatic carbocycles. The summed E-state index contributed by atoms with van der Waals surface area (Å²) >= 11 is 0. The van der Waals surface area contributed by atoms with E-state index < -0.39 is 34.8 Å². The van der Waals surface area contributed by atoms with Crippen molar-refractivity contribution < 1.29 is 26.4 Å². The van der Waals surface area contributed by atoms with E-state index >= 15 is 0 Å². The van der Waals surface area contributed by atoms with E-state index in [1.165, 1.54) is 13.1 Å². The lowest BCUT2D eigenvalue weighted by atomic mass is 10.1. The van der Waals surface area contributed by atoms with Gasteiger partial charge in [0.05, 0.1) is 31.1 Å². The molecular weight excluding hydrogens is 497 g/mol. The maximum atomic E-state index is 14.6. The zero-order valence-electron chi connectivity index (χ0n) is 19.6. The Bertz CT molecular complexity index is 1430. The van der Waals surface area contributed by atoms with Crippen LogP contribution in [0.2, 0.25) is 0 Å². The average Bonchev–Trinajstić information content (AvgIpc) is 3.18. The number of anilines is 5. The molecule has 0 atom stereocenters. The minimum atomic E-state index is -3.57. The van der Waals surface area contributed by atoms with Crippen LogP contribution in [0, 0.1) is 12.7 Å². The van der Waals surface area contributed by atoms with E-state index in [1.807, 2.05) is 0 Å². The molecule has 1 aliphatic rings. The molecule has 0 bridgehead atoms. The van der Waals surface area contributed by atoms with Crippen LogP contribution in [-0.2, 0) is 27.8 Å². The van der Waals surface area contributed by atoms with Crippen molar-refractivity contribution in [3.8, 4) is 0 Å². The van der Waals surface area contributed by atoms with Crippen LogP contribution >= 0.6 is 0 Å². The number of carbonyl (C=O) groups excluding carboxylic acids is 1. The third-order valence-electron chi connectivity index (χ3n) is 5.76. The fourth-order valence-electron chi connectivity index (χ4n) is 3.68. The number of aryl methyl sites for hydroxylation is 1. The Labute approximate surface area is 206 Å². The van der Waals surface area contributed by atoms with Crippen molar-refractivity contribution in [2.24, 2.45) is 0 Å². The number of nitrogens with zero attached hydrogens (tertiary/aromatic N) is 4. The smallest absolute Gasteiger partial charge is 0.316 e. The number of aromatic nitrogens is 2. The number of halogens is 3. The van der Waals surface area contributed by atoms with E-state index in [2.05, 4.69) is 20.6 Å². The molecule has 9 nitrogen and oxygen atoms in total. The molecule has 0 radical (unpaired) electrons. The molecule has 36 heavy (non-hydrogen) atoms. The van der Waals surface area contributed by atoms with E-state index in [-0.39, 0.29) is 24.0 Å². The summed E-state index contributed by atoms with van der Waals surface area (Å²) in [5.74, 6) is -1.94. The van der Waals surface area contributed by atoms with Gasteiger partial charge in [-0.05, 0) is 47.9 Å². The molecule has 0 spiro atoms. The maximum absolute atomic E-state index is 14.6. The molecule has 0 saturated heterocycles. The van der Waals surface area contributed by atoms with Crippen molar-refractivity contribution in [3.05, 3.63) is 65.1 Å². The molecule has 2 aromatic carbocycles. The maximum Gasteiger partial charge on any atom is 0.316 e. The molecule has 1 amide bonds. The van der Waals surface area contributed by atoms with Gasteiger partial charge in [0.15, 0.2) is 11.6 Å². The Kier molecular flexibility index (Phi) is 6.76. The Hall–Kier alpha value is -3.87. The Morgan fingerprint density at radius 1 is 1.19 bits per heavy atom. The minimum Gasteiger partial charge on any atom is -0.325 e. The zero-order chi connectivity index (χ0) is 26.2. The van der Waals surface area contributed by atoms with Crippen LogP contribution in [0.3, 0.4) is 0 Å². The highest BCUT2D eigenvalue weighted by atomic mass is 32.2. The van der Waals surface area contributed by atoms with Gasteiger partial charge in [-0.2, -0.15) is 13.8 Å². The standard InChI is InChI=1S/C23H23F3N6O3S/c1-13-4-7-17(31(2)36(3,34)35)8-15(13)12-32(22(25)26)21-18(24)11-27-23(30-21)28-16-6-5-14-9-20(33)29-19(14)10-16/h4-8,10-11,22H,9,12H2,1-3H3,(H,29,33)(H,27,28,30). The number of alkyl halides is 2. The Balaban J connectivity index is 1.63. The predicted molar refractivity (Wildman–Crippen MR) is 131 cm³/mol. The number of hydrogen-bond donors (Lipinski definition) is 2. The van der Waals surface area contributed by atoms with Crippen molar-refractivity contribution in [1.29, 1.82) is 0 Å². The number of benzene rings is 2. The van der Waals surface area contributed by atoms with Crippen LogP contribution in [0.5, 0.6) is 0 Å². The molecule has 190 valence electrons. The van der Waals surface area contributed by atoms with Gasteiger partial charge in [-0.15, -0.1) is 0 Å². The second kappa shape index (κ2) is 9.64. The van der Waals surface area contributed by atoms with Crippen LogP contribution in [0.15, 0.2) is 42.6 Å². The van der Waals surface area contributed by atoms with Crippen molar-refractivity contribution in [2.75, 3.05) is 33.1 Å². The van der Waals surface area contributed by atoms with Crippen molar-refractivity contribution in [1.82, 2.24) is 9.97 Å². The second-order valence-corrected chi connectivity index (χ2v) is 10.3. The quantitative estimate of drug-likeness (QED) is 0.435. The lowest BCUT2D eigenvalue weighted by molar-refractivity contribution is -0.115. The number of nitrogens with one attached hydrogen (secondary N) is 2. The molecule has 4 rings (SSSR count). The summed E-state index contributed by atoms with van der Waals surface area (Å²) in [4.78, 5) is 19.9. The zero-order valence-corrected chi connectivity index (χ0v) is 20.4. The molecule has 0 unspecified atom stereocenters. The van der Waals surface area contributed by atoms with Crippen molar-refractivity contribution in [3.63, 3.8) is 0 Å². The van der Waals surface area contributed by atoms with E-state index in [0.717, 1.165) is 22.3 Å². The first-order chi connectivity index (χ1) is 16.9. The third kappa shape index (κ3) is 5.35. The SMILES string of the molecule is Cc1ccc(N(C)S(C)(=O)=O)cc1CN(c1nc(Nc2ccc3c(c2)NC(=O)C3)ncc1F)C(F)F. The molecule has 0 saturated carbocycles. The Morgan fingerprint density at radius 2 is 1.94 bits per heavy atom. The molecule has 1 aliphatic heterocycles. The number of carbonyl (C=O) groups is 1. The number of amides is 1. The van der Waals surface area contributed by atoms with E-state index in [0.29, 0.717) is 27.4 Å². The fourth-order valence-corrected chi connectivity index (χ4v) is 4.17. The number of rotatable bonds is 8. The number of fused-ring (bicyclic) bond motifs is 1. The van der Waals surface area contributed by atoms with Gasteiger partial charge in [-0.1, -0.05) is 12.1 Å². The second-order valence-electron chi connectivity index (χ2n) is 8.33. The van der Waals surface area contributed by atoms with Gasteiger partial charge in [-0.3, -0.25) is 14.0 Å². The van der Waals surface area contributed by atoms with Gasteiger partial charge >= 0.3 is 6.55 Å². The largest absolute Gasteiger partial charge is 0.325 e. The number of sulfonamides is 1. The minimum absolute atomic E-state index is 0.122. The monoisotopic (exact) mass is 520 g/mol. The van der Waals surface area contributed by atoms with Crippen molar-refractivity contribution in [2.45, 2.75) is 26.4 Å². The molecule has 13 heteroatoms. The Morgan fingerprint density at radius 3 is 2.64 bits per heavy atom. The van der Waals surface area contributed by atoms with E-state index in [4.69, 9.17) is 0 Å². The van der Waals surface area contributed by atoms with Gasteiger partial charge in [-0.25, -0.2) is 17.8 Å². The first kappa shape index (κ1) is 25.2. The first-order valence-electron chi connectivity index (χ1n) is 10.7. The molecule has 1 aromatic heterocycles. The molecule has 2 heterocycles. The summed E-state index contributed by atoms with van der Waals surface area (Å²) in [5.41, 5.74) is 3.15. The predicted octanol–water partition coefficient (Wildman–Crippen LogP) is 3.79. The van der Waals surface area contributed by atoms with Crippen molar-refractivity contribution >= 4 is 44.8 Å². The first-order valence-corrected chi connectivity index (χ1v) is 12.6. The molecular formula is C23H23F3N6O3S. The third-order valence-corrected chi connectivity index (χ3v) is 6.96. The van der Waals surface area contributed by atoms with Crippen LogP contribution in [0.4, 0.5) is 42.0 Å². The highest BCUT2D eigenvalue weighted by Crippen LogP contribution is 2.30. The van der Waals surface area contributed by atoms with Gasteiger partial charge in [0.1, 0.15) is 0 Å². The molecule has 3 aromatic rings. The van der Waals surface area contributed by atoms with Crippen LogP contribution in [0.1, 0.15) is 16.7 Å². The highest BCUT2D eigenvalue weighted by Gasteiger charge is 2.25. The average molecular weight is 521 g/mol. The lowest BCUT2D eigenvalue weighted by Crippen LogP contribution is -2.31. The van der Waals surface area contributed by atoms with Gasteiger partial charge in [0.25, 0.3) is 0 Å². The topological polar surface area (TPSA) is 108 Å². The van der Waals surface area contributed by atoms with E-state index in [1.54, 1.807) is 37.3 Å². The fraction of sp³-hybridized carbons (Fsp3) is 0.261. The van der Waals surface area contributed by atoms with E-state index in [9.17, 15) is 26.4 Å². The highest BCUT2D eigenvalue weighted by molar-refractivity contribution is 7.92. The van der Waals surface area contributed by atoms with Crippen LogP contribution in [-0.4, -0.2) is 44.1 Å². The lowest BCUT2D eigenvalue weighted by Gasteiger charge is -2.25. The summed E-state index contributed by atoms with van der Waals surface area (Å²) in [6, 6.07) is 9.66. The summed E-state index contributed by atoms with van der Waals surface area (Å²) < 4.78 is 67.7. The summed E-state index contributed by atoms with van der Waals surface area (Å²) in [5, 5.41) is 5.54. The summed E-state index contributed by atoms with van der Waals surface area (Å²) in [6.45, 7) is -1.88. The van der Waals surface area contributed by atoms with Crippen LogP contribution in [0.25, 0.3) is 0 Å². The normalized spacial score (nSPS) is 12.9. The number of hydrogen-bond acceptors (Lipinski definition) is 7. The van der Waals surface area contributed by atoms with Gasteiger partial charge < -0.3 is 10.6 Å². The van der Waals surface area contributed by atoms with Gasteiger partial charge in [0, 0.05) is 18.4 Å².